The van der Waals surface area contributed by atoms with Crippen molar-refractivity contribution in [1.29, 1.82) is 0 Å². The van der Waals surface area contributed by atoms with Gasteiger partial charge in [-0.2, -0.15) is 0 Å². The van der Waals surface area contributed by atoms with E-state index in [1.54, 1.807) is 0 Å². The van der Waals surface area contributed by atoms with Gasteiger partial charge in [0.05, 0.1) is 24.5 Å². The summed E-state index contributed by atoms with van der Waals surface area (Å²) in [5.74, 6) is -1.27. The topological polar surface area (TPSA) is 148 Å². The molecule has 1 aliphatic rings. The smallest absolute Gasteiger partial charge is 0.237 e. The minimum absolute atomic E-state index is 0.00293. The fraction of sp³-hybridized carbons (Fsp3) is 0.565. The first-order chi connectivity index (χ1) is 15.2. The van der Waals surface area contributed by atoms with Gasteiger partial charge in [-0.05, 0) is 37.3 Å². The third-order valence-corrected chi connectivity index (χ3v) is 5.72. The number of aldehydes is 1. The van der Waals surface area contributed by atoms with Crippen molar-refractivity contribution >= 4 is 24.0 Å². The Balaban J connectivity index is 2.10. The molecule has 3 amide bonds. The first-order valence-corrected chi connectivity index (χ1v) is 11.1. The molecule has 9 heteroatoms. The van der Waals surface area contributed by atoms with E-state index in [9.17, 15) is 19.2 Å². The molecule has 0 spiro atoms. The van der Waals surface area contributed by atoms with Crippen LogP contribution in [0.1, 0.15) is 38.7 Å². The molecule has 2 rings (SSSR count). The second-order valence-corrected chi connectivity index (χ2v) is 8.74. The summed E-state index contributed by atoms with van der Waals surface area (Å²) in [5.41, 5.74) is 12.0. The van der Waals surface area contributed by atoms with Gasteiger partial charge in [0, 0.05) is 12.6 Å². The third kappa shape index (κ3) is 7.72. The number of carbonyl (C=O) groups excluding carboxylic acids is 4. The molecule has 1 saturated heterocycles. The highest BCUT2D eigenvalue weighted by Crippen LogP contribution is 2.19. The number of nitrogens with two attached hydrogens (primary N) is 2. The lowest BCUT2D eigenvalue weighted by Gasteiger charge is -2.30. The average molecular weight is 446 g/mol. The van der Waals surface area contributed by atoms with Crippen molar-refractivity contribution in [2.24, 2.45) is 17.4 Å². The number of hydrogen-bond donors (Lipinski definition) is 4. The van der Waals surface area contributed by atoms with E-state index < -0.39 is 23.9 Å². The maximum Gasteiger partial charge on any atom is 0.237 e. The Morgan fingerprint density at radius 1 is 1.19 bits per heavy atom. The van der Waals surface area contributed by atoms with Crippen LogP contribution < -0.4 is 22.1 Å². The van der Waals surface area contributed by atoms with Crippen molar-refractivity contribution in [2.45, 2.75) is 63.7 Å². The number of nitrogens with one attached hydrogen (secondary N) is 2. The van der Waals surface area contributed by atoms with Crippen LogP contribution in [0.2, 0.25) is 0 Å². The molecular formula is C23H35N5O4. The lowest BCUT2D eigenvalue weighted by atomic mass is 10.0. The molecule has 6 N–H and O–H groups in total. The van der Waals surface area contributed by atoms with Crippen molar-refractivity contribution in [2.75, 3.05) is 13.1 Å². The maximum atomic E-state index is 12.9. The zero-order valence-corrected chi connectivity index (χ0v) is 18.8. The average Bonchev–Trinajstić information content (AvgIpc) is 3.20. The Hall–Kier alpha value is -2.78. The first kappa shape index (κ1) is 25.5. The first-order valence-electron chi connectivity index (χ1n) is 11.1. The van der Waals surface area contributed by atoms with Crippen LogP contribution in [0.5, 0.6) is 0 Å². The Kier molecular flexibility index (Phi) is 9.80. The minimum atomic E-state index is -1.03. The largest absolute Gasteiger partial charge is 0.370 e. The van der Waals surface area contributed by atoms with E-state index in [1.807, 2.05) is 49.1 Å². The number of benzene rings is 1. The Bertz CT molecular complexity index is 786. The summed E-state index contributed by atoms with van der Waals surface area (Å²) in [6, 6.07) is 7.45. The number of rotatable bonds is 12. The van der Waals surface area contributed by atoms with Gasteiger partial charge in [0.2, 0.25) is 17.7 Å². The molecule has 32 heavy (non-hydrogen) atoms. The molecule has 9 nitrogen and oxygen atoms in total. The number of likely N-dealkylation sites (tertiary alicyclic amines) is 1. The summed E-state index contributed by atoms with van der Waals surface area (Å²) in [6.07, 6.45) is 2.60. The van der Waals surface area contributed by atoms with Gasteiger partial charge < -0.3 is 26.9 Å². The molecule has 0 saturated carbocycles. The van der Waals surface area contributed by atoms with E-state index in [0.29, 0.717) is 25.9 Å². The summed E-state index contributed by atoms with van der Waals surface area (Å²) in [4.78, 5) is 49.9. The fourth-order valence-electron chi connectivity index (χ4n) is 3.92. The molecule has 0 bridgehead atoms. The van der Waals surface area contributed by atoms with E-state index in [1.165, 1.54) is 0 Å². The van der Waals surface area contributed by atoms with Crippen molar-refractivity contribution in [1.82, 2.24) is 15.5 Å². The molecule has 1 fully saturated rings. The molecule has 1 aromatic rings. The summed E-state index contributed by atoms with van der Waals surface area (Å²) in [5, 5.41) is 5.76. The van der Waals surface area contributed by atoms with Gasteiger partial charge in [0.25, 0.3) is 0 Å². The molecule has 1 aromatic carbocycles. The van der Waals surface area contributed by atoms with Crippen molar-refractivity contribution in [3.8, 4) is 0 Å². The maximum absolute atomic E-state index is 12.9. The molecule has 0 aliphatic carbocycles. The zero-order chi connectivity index (χ0) is 23.7. The normalized spacial score (nSPS) is 19.2. The second-order valence-electron chi connectivity index (χ2n) is 8.74. The molecule has 4 unspecified atom stereocenters. The molecule has 1 heterocycles. The molecule has 0 aromatic heterocycles. The lowest BCUT2D eigenvalue weighted by Crippen LogP contribution is -2.54. The molecule has 0 radical (unpaired) electrons. The quantitative estimate of drug-likeness (QED) is 0.325. The summed E-state index contributed by atoms with van der Waals surface area (Å²) >= 11 is 0. The Labute approximate surface area is 189 Å². The Morgan fingerprint density at radius 2 is 1.88 bits per heavy atom. The standard InChI is InChI=1S/C23H35N5O4/c1-15(2)19(14-29)27-23(32)20-9-6-10-28(20)13-17(11-16-7-4-3-5-8-16)26-22(31)18(24)12-21(25)30/h3-5,7-8,14-15,17-20H,6,9-13,24H2,1-2H3,(H2,25,30)(H,26,31)(H,27,32). The summed E-state index contributed by atoms with van der Waals surface area (Å²) in [7, 11) is 0. The number of nitrogens with zero attached hydrogens (tertiary/aromatic N) is 1. The van der Waals surface area contributed by atoms with Gasteiger partial charge in [-0.15, -0.1) is 0 Å². The highest BCUT2D eigenvalue weighted by molar-refractivity contribution is 5.87. The van der Waals surface area contributed by atoms with Gasteiger partial charge in [0.1, 0.15) is 6.29 Å². The zero-order valence-electron chi connectivity index (χ0n) is 18.8. The van der Waals surface area contributed by atoms with Gasteiger partial charge in [-0.25, -0.2) is 0 Å². The van der Waals surface area contributed by atoms with Crippen LogP contribution in [0.4, 0.5) is 0 Å². The van der Waals surface area contributed by atoms with Crippen LogP contribution in [0.3, 0.4) is 0 Å². The van der Waals surface area contributed by atoms with E-state index >= 15 is 0 Å². The number of carbonyl (C=O) groups is 4. The van der Waals surface area contributed by atoms with Crippen molar-refractivity contribution < 1.29 is 19.2 Å². The predicted octanol–water partition coefficient (Wildman–Crippen LogP) is -0.279. The number of primary amides is 1. The number of amides is 3. The SMILES string of the molecule is CC(C)C(C=O)NC(=O)C1CCCN1CC(Cc1ccccc1)NC(=O)C(N)CC(N)=O. The second kappa shape index (κ2) is 12.3. The van der Waals surface area contributed by atoms with E-state index in [2.05, 4.69) is 10.6 Å². The summed E-state index contributed by atoms with van der Waals surface area (Å²) in [6.45, 7) is 4.91. The van der Waals surface area contributed by atoms with E-state index in [-0.39, 0.29) is 30.3 Å². The van der Waals surface area contributed by atoms with Crippen LogP contribution in [0.15, 0.2) is 30.3 Å². The van der Waals surface area contributed by atoms with Crippen LogP contribution in [0, 0.1) is 5.92 Å². The summed E-state index contributed by atoms with van der Waals surface area (Å²) < 4.78 is 0. The molecule has 176 valence electrons. The highest BCUT2D eigenvalue weighted by atomic mass is 16.2. The molecular weight excluding hydrogens is 410 g/mol. The lowest BCUT2D eigenvalue weighted by molar-refractivity contribution is -0.129. The third-order valence-electron chi connectivity index (χ3n) is 5.72. The van der Waals surface area contributed by atoms with E-state index in [0.717, 1.165) is 18.3 Å². The predicted molar refractivity (Wildman–Crippen MR) is 121 cm³/mol. The van der Waals surface area contributed by atoms with Crippen LogP contribution in [-0.4, -0.2) is 66.2 Å². The number of hydrogen-bond acceptors (Lipinski definition) is 6. The molecule has 1 aliphatic heterocycles. The van der Waals surface area contributed by atoms with Gasteiger partial charge >= 0.3 is 0 Å². The highest BCUT2D eigenvalue weighted by Gasteiger charge is 2.34. The van der Waals surface area contributed by atoms with Crippen LogP contribution in [-0.2, 0) is 25.6 Å². The van der Waals surface area contributed by atoms with Gasteiger partial charge in [-0.1, -0.05) is 44.2 Å². The van der Waals surface area contributed by atoms with Crippen molar-refractivity contribution in [3.05, 3.63) is 35.9 Å². The monoisotopic (exact) mass is 445 g/mol. The van der Waals surface area contributed by atoms with Crippen LogP contribution in [0.25, 0.3) is 0 Å². The minimum Gasteiger partial charge on any atom is -0.370 e. The van der Waals surface area contributed by atoms with Gasteiger partial charge in [-0.3, -0.25) is 19.3 Å². The van der Waals surface area contributed by atoms with Gasteiger partial charge in [0.15, 0.2) is 0 Å². The fourth-order valence-corrected chi connectivity index (χ4v) is 3.92. The van der Waals surface area contributed by atoms with Crippen LogP contribution >= 0.6 is 0 Å². The molecule has 4 atom stereocenters. The Morgan fingerprint density at radius 3 is 2.47 bits per heavy atom. The van der Waals surface area contributed by atoms with Crippen molar-refractivity contribution in [3.63, 3.8) is 0 Å². The van der Waals surface area contributed by atoms with E-state index in [4.69, 9.17) is 11.5 Å².